The van der Waals surface area contributed by atoms with E-state index in [9.17, 15) is 4.79 Å². The van der Waals surface area contributed by atoms with E-state index in [0.717, 1.165) is 5.56 Å². The van der Waals surface area contributed by atoms with Gasteiger partial charge >= 0.3 is 5.97 Å². The molecule has 0 heterocycles. The van der Waals surface area contributed by atoms with Crippen molar-refractivity contribution in [3.8, 4) is 0 Å². The summed E-state index contributed by atoms with van der Waals surface area (Å²) < 4.78 is 0. The zero-order valence-electron chi connectivity index (χ0n) is 10.0. The minimum absolute atomic E-state index is 0.213. The Bertz CT molecular complexity index is 633. The molecule has 0 saturated heterocycles. The molecule has 0 saturated carbocycles. The van der Waals surface area contributed by atoms with Crippen molar-refractivity contribution < 1.29 is 9.90 Å². The Morgan fingerprint density at radius 1 is 1.11 bits per heavy atom. The SMILES string of the molecule is [B]c1ccc(C(=O)O)cc1/C=C/c1ccc(Cl)cc1. The van der Waals surface area contributed by atoms with Gasteiger partial charge in [0.15, 0.2) is 0 Å². The topological polar surface area (TPSA) is 37.3 Å². The van der Waals surface area contributed by atoms with Crippen molar-refractivity contribution in [2.24, 2.45) is 0 Å². The van der Waals surface area contributed by atoms with Crippen molar-refractivity contribution >= 4 is 43.0 Å². The zero-order valence-corrected chi connectivity index (χ0v) is 10.8. The normalized spacial score (nSPS) is 10.8. The minimum Gasteiger partial charge on any atom is -0.478 e. The molecular formula is C15H10BClO2. The van der Waals surface area contributed by atoms with E-state index >= 15 is 0 Å². The van der Waals surface area contributed by atoms with Crippen LogP contribution in [0.2, 0.25) is 5.02 Å². The highest BCUT2D eigenvalue weighted by molar-refractivity contribution is 6.34. The first-order valence-corrected chi connectivity index (χ1v) is 6.00. The third kappa shape index (κ3) is 3.49. The maximum atomic E-state index is 10.9. The number of carboxylic acid groups (broad SMARTS) is 1. The largest absolute Gasteiger partial charge is 0.478 e. The highest BCUT2D eigenvalue weighted by Gasteiger charge is 2.03. The van der Waals surface area contributed by atoms with Crippen LogP contribution < -0.4 is 5.46 Å². The van der Waals surface area contributed by atoms with Gasteiger partial charge in [0.1, 0.15) is 7.85 Å². The minimum atomic E-state index is -0.971. The van der Waals surface area contributed by atoms with Gasteiger partial charge in [-0.05, 0) is 35.4 Å². The predicted molar refractivity (Wildman–Crippen MR) is 79.2 cm³/mol. The van der Waals surface area contributed by atoms with Gasteiger partial charge in [-0.25, -0.2) is 4.79 Å². The maximum absolute atomic E-state index is 10.9. The number of halogens is 1. The van der Waals surface area contributed by atoms with Gasteiger partial charge in [-0.15, -0.1) is 0 Å². The van der Waals surface area contributed by atoms with Gasteiger partial charge in [-0.1, -0.05) is 47.4 Å². The number of carboxylic acids is 1. The molecule has 92 valence electrons. The number of carbonyl (C=O) groups is 1. The van der Waals surface area contributed by atoms with E-state index in [1.807, 2.05) is 18.2 Å². The molecule has 4 heteroatoms. The van der Waals surface area contributed by atoms with Gasteiger partial charge < -0.3 is 5.11 Å². The van der Waals surface area contributed by atoms with Crippen LogP contribution in [0.25, 0.3) is 12.2 Å². The first-order chi connectivity index (χ1) is 9.06. The molecule has 2 radical (unpaired) electrons. The summed E-state index contributed by atoms with van der Waals surface area (Å²) in [4.78, 5) is 10.9. The van der Waals surface area contributed by atoms with E-state index in [1.165, 1.54) is 6.07 Å². The van der Waals surface area contributed by atoms with E-state index in [1.54, 1.807) is 30.3 Å². The molecule has 0 amide bonds. The standard InChI is InChI=1S/C15H10BClO2/c16-14-8-5-12(15(18)19)9-11(14)4-1-10-2-6-13(17)7-3-10/h1-9H,(H,18,19)/b4-1+. The molecule has 2 nitrogen and oxygen atoms in total. The third-order valence-electron chi connectivity index (χ3n) is 2.66. The van der Waals surface area contributed by atoms with E-state index < -0.39 is 5.97 Å². The van der Waals surface area contributed by atoms with Crippen molar-refractivity contribution in [1.82, 2.24) is 0 Å². The van der Waals surface area contributed by atoms with Crippen LogP contribution in [0.15, 0.2) is 42.5 Å². The fourth-order valence-electron chi connectivity index (χ4n) is 1.61. The van der Waals surface area contributed by atoms with E-state index in [-0.39, 0.29) is 5.56 Å². The van der Waals surface area contributed by atoms with E-state index in [0.29, 0.717) is 16.0 Å². The lowest BCUT2D eigenvalue weighted by Gasteiger charge is -2.03. The van der Waals surface area contributed by atoms with Crippen molar-refractivity contribution in [2.75, 3.05) is 0 Å². The Balaban J connectivity index is 2.29. The highest BCUT2D eigenvalue weighted by Crippen LogP contribution is 2.12. The molecule has 0 unspecified atom stereocenters. The number of hydrogen-bond donors (Lipinski definition) is 1. The summed E-state index contributed by atoms with van der Waals surface area (Å²) in [7, 11) is 5.81. The molecular weight excluding hydrogens is 258 g/mol. The summed E-state index contributed by atoms with van der Waals surface area (Å²) in [6.45, 7) is 0. The van der Waals surface area contributed by atoms with Crippen LogP contribution in [0.3, 0.4) is 0 Å². The fourth-order valence-corrected chi connectivity index (χ4v) is 1.74. The number of rotatable bonds is 3. The smallest absolute Gasteiger partial charge is 0.335 e. The molecule has 2 rings (SSSR count). The quantitative estimate of drug-likeness (QED) is 0.686. The molecule has 0 aliphatic carbocycles. The van der Waals surface area contributed by atoms with E-state index in [4.69, 9.17) is 24.6 Å². The Labute approximate surface area is 117 Å². The van der Waals surface area contributed by atoms with Gasteiger partial charge in [0.05, 0.1) is 5.56 Å². The van der Waals surface area contributed by atoms with E-state index in [2.05, 4.69) is 0 Å². The van der Waals surface area contributed by atoms with Gasteiger partial charge in [0.25, 0.3) is 0 Å². The highest BCUT2D eigenvalue weighted by atomic mass is 35.5. The molecule has 0 fully saturated rings. The van der Waals surface area contributed by atoms with Gasteiger partial charge in [0.2, 0.25) is 0 Å². The fraction of sp³-hybridized carbons (Fsp3) is 0. The Hall–Kier alpha value is -2.00. The molecule has 0 spiro atoms. The van der Waals surface area contributed by atoms with Crippen molar-refractivity contribution in [3.05, 3.63) is 64.2 Å². The lowest BCUT2D eigenvalue weighted by atomic mass is 9.89. The van der Waals surface area contributed by atoms with Gasteiger partial charge in [0, 0.05) is 5.02 Å². The molecule has 2 aromatic carbocycles. The molecule has 0 bridgehead atoms. The summed E-state index contributed by atoms with van der Waals surface area (Å²) in [5, 5.41) is 9.61. The van der Waals surface area contributed by atoms with Crippen LogP contribution in [0.4, 0.5) is 0 Å². The molecule has 0 aromatic heterocycles. The van der Waals surface area contributed by atoms with Crippen LogP contribution in [0.1, 0.15) is 21.5 Å². The summed E-state index contributed by atoms with van der Waals surface area (Å²) in [6, 6.07) is 11.9. The monoisotopic (exact) mass is 268 g/mol. The summed E-state index contributed by atoms with van der Waals surface area (Å²) in [6.07, 6.45) is 3.64. The zero-order chi connectivity index (χ0) is 13.8. The lowest BCUT2D eigenvalue weighted by Crippen LogP contribution is -2.09. The van der Waals surface area contributed by atoms with Crippen LogP contribution in [0.5, 0.6) is 0 Å². The van der Waals surface area contributed by atoms with Crippen LogP contribution in [0, 0.1) is 0 Å². The third-order valence-corrected chi connectivity index (χ3v) is 2.91. The molecule has 1 N–H and O–H groups in total. The maximum Gasteiger partial charge on any atom is 0.335 e. The molecule has 0 aliphatic rings. The van der Waals surface area contributed by atoms with Crippen LogP contribution >= 0.6 is 11.6 Å². The molecule has 0 atom stereocenters. The first-order valence-electron chi connectivity index (χ1n) is 5.63. The predicted octanol–water partition coefficient (Wildman–Crippen LogP) is 3.00. The average Bonchev–Trinajstić information content (AvgIpc) is 2.39. The van der Waals surface area contributed by atoms with Crippen molar-refractivity contribution in [1.29, 1.82) is 0 Å². The average molecular weight is 269 g/mol. The second-order valence-electron chi connectivity index (χ2n) is 4.03. The summed E-state index contributed by atoms with van der Waals surface area (Å²) in [5.41, 5.74) is 2.39. The molecule has 0 aliphatic heterocycles. The number of hydrogen-bond acceptors (Lipinski definition) is 1. The second kappa shape index (κ2) is 5.76. The Morgan fingerprint density at radius 2 is 1.79 bits per heavy atom. The van der Waals surface area contributed by atoms with Crippen LogP contribution in [-0.4, -0.2) is 18.9 Å². The lowest BCUT2D eigenvalue weighted by molar-refractivity contribution is 0.0697. The summed E-state index contributed by atoms with van der Waals surface area (Å²) >= 11 is 5.80. The van der Waals surface area contributed by atoms with Gasteiger partial charge in [-0.2, -0.15) is 0 Å². The van der Waals surface area contributed by atoms with Gasteiger partial charge in [-0.3, -0.25) is 0 Å². The molecule has 2 aromatic rings. The van der Waals surface area contributed by atoms with Crippen LogP contribution in [-0.2, 0) is 0 Å². The Kier molecular flexibility index (Phi) is 4.08. The van der Waals surface area contributed by atoms with Crippen molar-refractivity contribution in [2.45, 2.75) is 0 Å². The molecule has 19 heavy (non-hydrogen) atoms. The number of benzene rings is 2. The Morgan fingerprint density at radius 3 is 2.42 bits per heavy atom. The number of aromatic carboxylic acids is 1. The van der Waals surface area contributed by atoms with Crippen molar-refractivity contribution in [3.63, 3.8) is 0 Å². The first kappa shape index (κ1) is 13.4. The second-order valence-corrected chi connectivity index (χ2v) is 4.47. The summed E-state index contributed by atoms with van der Waals surface area (Å²) in [5.74, 6) is -0.971.